The summed E-state index contributed by atoms with van der Waals surface area (Å²) in [7, 11) is 0. The Morgan fingerprint density at radius 3 is 2.56 bits per heavy atom. The molecule has 0 saturated carbocycles. The molecule has 1 aliphatic rings. The highest BCUT2D eigenvalue weighted by atomic mass is 16.2. The van der Waals surface area contributed by atoms with Crippen LogP contribution in [-0.2, 0) is 0 Å². The fourth-order valence-corrected chi connectivity index (χ4v) is 1.90. The molecule has 0 aliphatic carbocycles. The van der Waals surface area contributed by atoms with Gasteiger partial charge >= 0.3 is 0 Å². The van der Waals surface area contributed by atoms with E-state index in [0.29, 0.717) is 11.9 Å². The van der Waals surface area contributed by atoms with Crippen LogP contribution in [0.5, 0.6) is 0 Å². The van der Waals surface area contributed by atoms with Gasteiger partial charge in [0.05, 0.1) is 0 Å². The summed E-state index contributed by atoms with van der Waals surface area (Å²) in [6, 6.07) is 0.544. The SMILES string of the molecule is CC(C)N1CCN(C(=O)c2ncn[nH]2)CC1. The molecule has 88 valence electrons. The van der Waals surface area contributed by atoms with Gasteiger partial charge in [-0.05, 0) is 13.8 Å². The summed E-state index contributed by atoms with van der Waals surface area (Å²) in [4.78, 5) is 20.0. The molecule has 2 heterocycles. The minimum Gasteiger partial charge on any atom is -0.333 e. The summed E-state index contributed by atoms with van der Waals surface area (Å²) in [6.07, 6.45) is 1.36. The lowest BCUT2D eigenvalue weighted by molar-refractivity contribution is 0.0584. The maximum absolute atomic E-state index is 11.9. The van der Waals surface area contributed by atoms with Gasteiger partial charge in [-0.1, -0.05) is 0 Å². The summed E-state index contributed by atoms with van der Waals surface area (Å²) in [6.45, 7) is 7.73. The Labute approximate surface area is 94.6 Å². The van der Waals surface area contributed by atoms with E-state index in [1.807, 2.05) is 4.90 Å². The molecule has 16 heavy (non-hydrogen) atoms. The van der Waals surface area contributed by atoms with Crippen molar-refractivity contribution in [2.24, 2.45) is 0 Å². The smallest absolute Gasteiger partial charge is 0.291 e. The van der Waals surface area contributed by atoms with Gasteiger partial charge in [0.1, 0.15) is 6.33 Å². The van der Waals surface area contributed by atoms with Crippen molar-refractivity contribution in [1.29, 1.82) is 0 Å². The van der Waals surface area contributed by atoms with Crippen LogP contribution >= 0.6 is 0 Å². The quantitative estimate of drug-likeness (QED) is 0.764. The van der Waals surface area contributed by atoms with Crippen LogP contribution in [0.2, 0.25) is 0 Å². The van der Waals surface area contributed by atoms with Crippen LogP contribution in [0.25, 0.3) is 0 Å². The van der Waals surface area contributed by atoms with Gasteiger partial charge in [0.2, 0.25) is 5.82 Å². The van der Waals surface area contributed by atoms with E-state index >= 15 is 0 Å². The van der Waals surface area contributed by atoms with Crippen LogP contribution in [0.3, 0.4) is 0 Å². The molecular weight excluding hydrogens is 206 g/mol. The van der Waals surface area contributed by atoms with E-state index in [4.69, 9.17) is 0 Å². The molecule has 1 saturated heterocycles. The number of carbonyl (C=O) groups is 1. The van der Waals surface area contributed by atoms with Gasteiger partial charge in [-0.2, -0.15) is 5.10 Å². The molecule has 0 bridgehead atoms. The molecular formula is C10H17N5O. The van der Waals surface area contributed by atoms with Gasteiger partial charge in [0, 0.05) is 32.2 Å². The van der Waals surface area contributed by atoms with Crippen molar-refractivity contribution in [2.45, 2.75) is 19.9 Å². The maximum Gasteiger partial charge on any atom is 0.291 e. The Kier molecular flexibility index (Phi) is 3.19. The Balaban J connectivity index is 1.92. The van der Waals surface area contributed by atoms with Gasteiger partial charge in [-0.25, -0.2) is 4.98 Å². The maximum atomic E-state index is 11.9. The lowest BCUT2D eigenvalue weighted by Crippen LogP contribution is -2.50. The van der Waals surface area contributed by atoms with E-state index in [9.17, 15) is 4.79 Å². The lowest BCUT2D eigenvalue weighted by Gasteiger charge is -2.36. The van der Waals surface area contributed by atoms with Gasteiger partial charge in [-0.15, -0.1) is 0 Å². The van der Waals surface area contributed by atoms with E-state index in [-0.39, 0.29) is 5.91 Å². The number of nitrogens with one attached hydrogen (secondary N) is 1. The van der Waals surface area contributed by atoms with Crippen LogP contribution in [0.1, 0.15) is 24.5 Å². The van der Waals surface area contributed by atoms with E-state index < -0.39 is 0 Å². The Bertz CT molecular complexity index is 340. The van der Waals surface area contributed by atoms with Crippen molar-refractivity contribution in [3.05, 3.63) is 12.2 Å². The molecule has 6 nitrogen and oxygen atoms in total. The van der Waals surface area contributed by atoms with Crippen molar-refractivity contribution in [3.8, 4) is 0 Å². The van der Waals surface area contributed by atoms with Crippen molar-refractivity contribution in [1.82, 2.24) is 25.0 Å². The van der Waals surface area contributed by atoms with Crippen LogP contribution in [0.4, 0.5) is 0 Å². The molecule has 0 radical (unpaired) electrons. The molecule has 1 aromatic rings. The van der Waals surface area contributed by atoms with Crippen molar-refractivity contribution >= 4 is 5.91 Å². The number of rotatable bonds is 2. The second kappa shape index (κ2) is 4.61. The zero-order valence-electron chi connectivity index (χ0n) is 9.68. The standard InChI is InChI=1S/C10H17N5O/c1-8(2)14-3-5-15(6-4-14)10(16)9-11-7-12-13-9/h7-8H,3-6H2,1-2H3,(H,11,12,13). The highest BCUT2D eigenvalue weighted by Crippen LogP contribution is 2.07. The zero-order valence-corrected chi connectivity index (χ0v) is 9.68. The molecule has 1 N–H and O–H groups in total. The predicted molar refractivity (Wildman–Crippen MR) is 59.0 cm³/mol. The fraction of sp³-hybridized carbons (Fsp3) is 0.700. The molecule has 1 amide bonds. The highest BCUT2D eigenvalue weighted by molar-refractivity contribution is 5.90. The fourth-order valence-electron chi connectivity index (χ4n) is 1.90. The summed E-state index contributed by atoms with van der Waals surface area (Å²) in [5.41, 5.74) is 0. The third-order valence-electron chi connectivity index (χ3n) is 2.95. The number of amides is 1. The number of aromatic amines is 1. The summed E-state index contributed by atoms with van der Waals surface area (Å²) in [5.74, 6) is 0.277. The predicted octanol–water partition coefficient (Wildman–Crippen LogP) is -0.0291. The van der Waals surface area contributed by atoms with Gasteiger partial charge in [0.15, 0.2) is 0 Å². The number of nitrogens with zero attached hydrogens (tertiary/aromatic N) is 4. The zero-order chi connectivity index (χ0) is 11.5. The summed E-state index contributed by atoms with van der Waals surface area (Å²) >= 11 is 0. The highest BCUT2D eigenvalue weighted by Gasteiger charge is 2.24. The minimum absolute atomic E-state index is 0.0547. The van der Waals surface area contributed by atoms with Gasteiger partial charge in [-0.3, -0.25) is 14.8 Å². The number of carbonyl (C=O) groups excluding carboxylic acids is 1. The van der Waals surface area contributed by atoms with Gasteiger partial charge < -0.3 is 4.90 Å². The van der Waals surface area contributed by atoms with Crippen LogP contribution in [0.15, 0.2) is 6.33 Å². The number of hydrogen-bond donors (Lipinski definition) is 1. The lowest BCUT2D eigenvalue weighted by atomic mass is 10.2. The molecule has 1 fully saturated rings. The third-order valence-corrected chi connectivity index (χ3v) is 2.95. The second-order valence-electron chi connectivity index (χ2n) is 4.26. The number of hydrogen-bond acceptors (Lipinski definition) is 4. The first-order valence-corrected chi connectivity index (χ1v) is 5.57. The Hall–Kier alpha value is -1.43. The van der Waals surface area contributed by atoms with Crippen molar-refractivity contribution in [2.75, 3.05) is 26.2 Å². The Morgan fingerprint density at radius 2 is 2.06 bits per heavy atom. The van der Waals surface area contributed by atoms with Gasteiger partial charge in [0.25, 0.3) is 5.91 Å². The minimum atomic E-state index is -0.0547. The first-order valence-electron chi connectivity index (χ1n) is 5.57. The molecule has 0 spiro atoms. The van der Waals surface area contributed by atoms with Crippen molar-refractivity contribution < 1.29 is 4.79 Å². The molecule has 0 atom stereocenters. The number of H-pyrrole nitrogens is 1. The summed E-state index contributed by atoms with van der Waals surface area (Å²) < 4.78 is 0. The average Bonchev–Trinajstić information content (AvgIpc) is 2.81. The second-order valence-corrected chi connectivity index (χ2v) is 4.26. The molecule has 0 unspecified atom stereocenters. The van der Waals surface area contributed by atoms with E-state index in [1.54, 1.807) is 0 Å². The van der Waals surface area contributed by atoms with Crippen LogP contribution < -0.4 is 0 Å². The molecule has 1 aliphatic heterocycles. The van der Waals surface area contributed by atoms with E-state index in [1.165, 1.54) is 6.33 Å². The monoisotopic (exact) mass is 223 g/mol. The largest absolute Gasteiger partial charge is 0.333 e. The Morgan fingerprint density at radius 1 is 1.38 bits per heavy atom. The summed E-state index contributed by atoms with van der Waals surface area (Å²) in [5, 5.41) is 6.29. The van der Waals surface area contributed by atoms with E-state index in [0.717, 1.165) is 26.2 Å². The van der Waals surface area contributed by atoms with Crippen LogP contribution in [-0.4, -0.2) is 63.1 Å². The third kappa shape index (κ3) is 2.21. The van der Waals surface area contributed by atoms with Crippen molar-refractivity contribution in [3.63, 3.8) is 0 Å². The number of aromatic nitrogens is 3. The average molecular weight is 223 g/mol. The number of piperazine rings is 1. The molecule has 2 rings (SSSR count). The van der Waals surface area contributed by atoms with E-state index in [2.05, 4.69) is 33.9 Å². The normalized spacial score (nSPS) is 18.1. The molecule has 0 aromatic carbocycles. The first-order chi connectivity index (χ1) is 7.68. The topological polar surface area (TPSA) is 65.1 Å². The molecule has 6 heteroatoms. The van der Waals surface area contributed by atoms with Crippen LogP contribution in [0, 0.1) is 0 Å². The first kappa shape index (κ1) is 11.1. The molecule has 1 aromatic heterocycles.